The number of ether oxygens (including phenoxy) is 3. The highest BCUT2D eigenvalue weighted by Crippen LogP contribution is 2.32. The van der Waals surface area contributed by atoms with Crippen molar-refractivity contribution < 1.29 is 23.8 Å². The van der Waals surface area contributed by atoms with Gasteiger partial charge in [0.25, 0.3) is 0 Å². The number of esters is 1. The normalized spacial score (nSPS) is 25.2. The van der Waals surface area contributed by atoms with Crippen molar-refractivity contribution in [1.82, 2.24) is 0 Å². The van der Waals surface area contributed by atoms with E-state index in [0.717, 1.165) is 55.1 Å². The molecule has 28 heavy (non-hydrogen) atoms. The van der Waals surface area contributed by atoms with Gasteiger partial charge in [-0.2, -0.15) is 0 Å². The largest absolute Gasteiger partial charge is 0.465 e. The molecule has 6 nitrogen and oxygen atoms in total. The lowest BCUT2D eigenvalue weighted by Gasteiger charge is -2.32. The van der Waals surface area contributed by atoms with E-state index in [0.29, 0.717) is 15.7 Å². The number of methoxy groups -OCH3 is 1. The van der Waals surface area contributed by atoms with Gasteiger partial charge in [-0.1, -0.05) is 0 Å². The fourth-order valence-corrected chi connectivity index (χ4v) is 5.18. The summed E-state index contributed by atoms with van der Waals surface area (Å²) < 4.78 is 18.0. The molecule has 0 spiro atoms. The van der Waals surface area contributed by atoms with Crippen molar-refractivity contribution >= 4 is 56.1 Å². The minimum atomic E-state index is -0.443. The molecule has 0 aromatic heterocycles. The number of hydrogen-bond acceptors (Lipinski definition) is 5. The maximum Gasteiger partial charge on any atom is 0.339 e. The van der Waals surface area contributed by atoms with Gasteiger partial charge in [0.1, 0.15) is 0 Å². The molecule has 8 heteroatoms. The predicted molar refractivity (Wildman–Crippen MR) is 117 cm³/mol. The van der Waals surface area contributed by atoms with Crippen LogP contribution in [0.15, 0.2) is 16.6 Å². The Bertz CT molecular complexity index is 715. The molecule has 1 saturated carbocycles. The van der Waals surface area contributed by atoms with E-state index in [1.807, 2.05) is 0 Å². The molecule has 1 aliphatic carbocycles. The molecule has 0 bridgehead atoms. The van der Waals surface area contributed by atoms with Crippen LogP contribution < -0.4 is 5.32 Å². The Morgan fingerprint density at radius 2 is 1.93 bits per heavy atom. The Hall–Kier alpha value is -0.710. The summed E-state index contributed by atoms with van der Waals surface area (Å²) in [6.45, 7) is 0.780. The van der Waals surface area contributed by atoms with Gasteiger partial charge in [0.05, 0.1) is 24.5 Å². The third-order valence-electron chi connectivity index (χ3n) is 5.25. The first-order valence-electron chi connectivity index (χ1n) is 9.63. The number of amides is 1. The maximum absolute atomic E-state index is 12.7. The third kappa shape index (κ3) is 5.67. The molecule has 0 radical (unpaired) electrons. The van der Waals surface area contributed by atoms with Crippen molar-refractivity contribution in [2.75, 3.05) is 19.0 Å². The van der Waals surface area contributed by atoms with Crippen molar-refractivity contribution in [3.63, 3.8) is 0 Å². The molecule has 1 aliphatic heterocycles. The Morgan fingerprint density at radius 1 is 1.18 bits per heavy atom. The van der Waals surface area contributed by atoms with Crippen LogP contribution in [0.3, 0.4) is 0 Å². The topological polar surface area (TPSA) is 73.9 Å². The van der Waals surface area contributed by atoms with Gasteiger partial charge in [0.15, 0.2) is 6.29 Å². The van der Waals surface area contributed by atoms with Gasteiger partial charge >= 0.3 is 5.97 Å². The van der Waals surface area contributed by atoms with Gasteiger partial charge in [0, 0.05) is 20.6 Å². The van der Waals surface area contributed by atoms with E-state index < -0.39 is 5.97 Å². The zero-order valence-corrected chi connectivity index (χ0v) is 19.6. The number of benzene rings is 1. The highest BCUT2D eigenvalue weighted by Gasteiger charge is 2.29. The van der Waals surface area contributed by atoms with Crippen LogP contribution in [0.25, 0.3) is 0 Å². The number of rotatable bonds is 5. The average Bonchev–Trinajstić information content (AvgIpc) is 2.70. The molecule has 3 rings (SSSR count). The Kier molecular flexibility index (Phi) is 8.13. The summed E-state index contributed by atoms with van der Waals surface area (Å²) in [4.78, 5) is 24.6. The van der Waals surface area contributed by atoms with Gasteiger partial charge in [-0.15, -0.1) is 0 Å². The zero-order chi connectivity index (χ0) is 20.1. The summed E-state index contributed by atoms with van der Waals surface area (Å²) in [6.07, 6.45) is 6.63. The quantitative estimate of drug-likeness (QED) is 0.407. The van der Waals surface area contributed by atoms with Crippen LogP contribution in [0.4, 0.5) is 5.69 Å². The first kappa shape index (κ1) is 22.0. The minimum absolute atomic E-state index is 0.0107. The van der Waals surface area contributed by atoms with Crippen LogP contribution in [0, 0.1) is 9.49 Å². The first-order valence-corrected chi connectivity index (χ1v) is 11.5. The Balaban J connectivity index is 1.55. The lowest BCUT2D eigenvalue weighted by atomic mass is 9.86. The molecular formula is C20H25BrINO5. The van der Waals surface area contributed by atoms with Gasteiger partial charge in [-0.05, 0) is 95.6 Å². The molecule has 1 aromatic rings. The fraction of sp³-hybridized carbons (Fsp3) is 0.600. The summed E-state index contributed by atoms with van der Waals surface area (Å²) >= 11 is 5.52. The molecule has 1 N–H and O–H groups in total. The summed E-state index contributed by atoms with van der Waals surface area (Å²) in [5.74, 6) is -0.502. The van der Waals surface area contributed by atoms with Crippen LogP contribution in [0.5, 0.6) is 0 Å². The van der Waals surface area contributed by atoms with Crippen molar-refractivity contribution in [2.45, 2.75) is 57.3 Å². The monoisotopic (exact) mass is 565 g/mol. The number of carbonyl (C=O) groups is 2. The summed E-state index contributed by atoms with van der Waals surface area (Å²) in [6, 6.07) is 3.46. The highest BCUT2D eigenvalue weighted by molar-refractivity contribution is 14.1. The van der Waals surface area contributed by atoms with Gasteiger partial charge in [-0.25, -0.2) is 4.79 Å². The predicted octanol–water partition coefficient (Wildman–Crippen LogP) is 4.88. The lowest BCUT2D eigenvalue weighted by molar-refractivity contribution is -0.194. The van der Waals surface area contributed by atoms with Crippen molar-refractivity contribution in [1.29, 1.82) is 0 Å². The Labute approximate surface area is 187 Å². The second-order valence-electron chi connectivity index (χ2n) is 7.20. The first-order chi connectivity index (χ1) is 13.5. The number of nitrogens with one attached hydrogen (secondary N) is 1. The maximum atomic E-state index is 12.7. The number of hydrogen-bond donors (Lipinski definition) is 1. The van der Waals surface area contributed by atoms with Crippen LogP contribution in [0.2, 0.25) is 0 Å². The minimum Gasteiger partial charge on any atom is -0.465 e. The van der Waals surface area contributed by atoms with Crippen LogP contribution in [0.1, 0.15) is 55.3 Å². The van der Waals surface area contributed by atoms with E-state index in [2.05, 4.69) is 43.8 Å². The summed E-state index contributed by atoms with van der Waals surface area (Å²) in [5.41, 5.74) is 1.02. The molecule has 2 aliphatic rings. The van der Waals surface area contributed by atoms with Gasteiger partial charge in [-0.3, -0.25) is 4.79 Å². The van der Waals surface area contributed by atoms with Crippen LogP contribution in [-0.2, 0) is 19.0 Å². The fourth-order valence-electron chi connectivity index (χ4n) is 3.64. The van der Waals surface area contributed by atoms with E-state index in [-0.39, 0.29) is 24.2 Å². The second-order valence-corrected chi connectivity index (χ2v) is 9.22. The molecular weight excluding hydrogens is 541 g/mol. The summed E-state index contributed by atoms with van der Waals surface area (Å²) in [7, 11) is 1.34. The SMILES string of the molecule is COC(=O)c1cc(NC(=O)C2CCC(OC3CCCCO3)CC2)c(I)cc1Br. The second kappa shape index (κ2) is 10.4. The summed E-state index contributed by atoms with van der Waals surface area (Å²) in [5, 5.41) is 2.98. The lowest BCUT2D eigenvalue weighted by Crippen LogP contribution is -2.33. The van der Waals surface area contributed by atoms with E-state index in [1.54, 1.807) is 12.1 Å². The smallest absolute Gasteiger partial charge is 0.339 e. The van der Waals surface area contributed by atoms with E-state index in [9.17, 15) is 9.59 Å². The molecule has 1 unspecified atom stereocenters. The van der Waals surface area contributed by atoms with Gasteiger partial charge < -0.3 is 19.5 Å². The van der Waals surface area contributed by atoms with Crippen LogP contribution in [-0.4, -0.2) is 38.0 Å². The molecule has 1 aromatic carbocycles. The van der Waals surface area contributed by atoms with Crippen molar-refractivity contribution in [3.05, 3.63) is 25.7 Å². The standard InChI is InChI=1S/C20H25BrINO5/c1-26-20(25)14-10-17(16(22)11-15(14)21)23-19(24)12-5-7-13(8-6-12)28-18-4-2-3-9-27-18/h10-13,18H,2-9H2,1H3,(H,23,24). The number of anilines is 1. The van der Waals surface area contributed by atoms with Crippen LogP contribution >= 0.6 is 38.5 Å². The Morgan fingerprint density at radius 3 is 2.57 bits per heavy atom. The zero-order valence-electron chi connectivity index (χ0n) is 15.8. The molecule has 2 fully saturated rings. The van der Waals surface area contributed by atoms with E-state index in [4.69, 9.17) is 14.2 Å². The highest BCUT2D eigenvalue weighted by atomic mass is 127. The number of halogens is 2. The molecule has 1 atom stereocenters. The third-order valence-corrected chi connectivity index (χ3v) is 6.80. The average molecular weight is 566 g/mol. The van der Waals surface area contributed by atoms with Crippen molar-refractivity contribution in [2.24, 2.45) is 5.92 Å². The number of carbonyl (C=O) groups excluding carboxylic acids is 2. The van der Waals surface area contributed by atoms with Crippen molar-refractivity contribution in [3.8, 4) is 0 Å². The molecule has 1 amide bonds. The molecule has 1 saturated heterocycles. The van der Waals surface area contributed by atoms with Gasteiger partial charge in [0.2, 0.25) is 5.91 Å². The molecule has 1 heterocycles. The van der Waals surface area contributed by atoms with E-state index >= 15 is 0 Å². The van der Waals surface area contributed by atoms with E-state index in [1.165, 1.54) is 7.11 Å². The molecule has 154 valence electrons.